The summed E-state index contributed by atoms with van der Waals surface area (Å²) in [6.07, 6.45) is -19.2. The van der Waals surface area contributed by atoms with Crippen molar-refractivity contribution >= 4 is 29.5 Å². The van der Waals surface area contributed by atoms with Gasteiger partial charge in [0.05, 0.1) is 37.5 Å². The second-order valence-corrected chi connectivity index (χ2v) is 9.42. The minimum absolute atomic E-state index is 0.771. The molecule has 236 valence electrons. The zero-order valence-electron chi connectivity index (χ0n) is 21.9. The lowest BCUT2D eigenvalue weighted by atomic mass is 9.88. The van der Waals surface area contributed by atoms with Gasteiger partial charge >= 0.3 is 11.9 Å². The molecule has 0 aromatic carbocycles. The number of aliphatic carboxylic acids is 2. The molecule has 19 nitrogen and oxygen atoms in total. The van der Waals surface area contributed by atoms with Crippen molar-refractivity contribution in [3.8, 4) is 0 Å². The molecule has 0 aromatic rings. The van der Waals surface area contributed by atoms with Crippen LogP contribution in [0.3, 0.4) is 0 Å². The maximum Gasteiger partial charge on any atom is 0.372 e. The minimum atomic E-state index is -3.05. The predicted octanol–water partition coefficient (Wildman–Crippen LogP) is -6.86. The van der Waals surface area contributed by atoms with Crippen molar-refractivity contribution < 1.29 is 84.5 Å². The molecule has 41 heavy (non-hydrogen) atoms. The largest absolute Gasteiger partial charge is 0.477 e. The number of aliphatic hydroxyl groups is 8. The number of amides is 2. The van der Waals surface area contributed by atoms with Gasteiger partial charge in [-0.05, 0) is 0 Å². The van der Waals surface area contributed by atoms with Gasteiger partial charge in [-0.25, -0.2) is 9.59 Å². The normalized spacial score (nSPS) is 27.8. The Labute approximate surface area is 231 Å². The predicted molar refractivity (Wildman–Crippen MR) is 127 cm³/mol. The van der Waals surface area contributed by atoms with E-state index in [0.717, 1.165) is 13.8 Å². The molecular formula is C22H36N2O17. The van der Waals surface area contributed by atoms with Gasteiger partial charge in [0.1, 0.15) is 36.6 Å². The van der Waals surface area contributed by atoms with E-state index in [1.807, 2.05) is 5.32 Å². The van der Waals surface area contributed by atoms with Crippen LogP contribution in [0.2, 0.25) is 0 Å². The number of ketones is 1. The molecule has 19 heteroatoms. The van der Waals surface area contributed by atoms with Crippen LogP contribution in [0.15, 0.2) is 0 Å². The van der Waals surface area contributed by atoms with Crippen LogP contribution >= 0.6 is 0 Å². The lowest BCUT2D eigenvalue weighted by molar-refractivity contribution is -0.333. The second-order valence-electron chi connectivity index (χ2n) is 9.42. The average Bonchev–Trinajstić information content (AvgIpc) is 2.89. The van der Waals surface area contributed by atoms with E-state index in [0.29, 0.717) is 0 Å². The summed E-state index contributed by atoms with van der Waals surface area (Å²) in [4.78, 5) is 57.9. The van der Waals surface area contributed by atoms with Crippen LogP contribution in [0.1, 0.15) is 26.7 Å². The van der Waals surface area contributed by atoms with Gasteiger partial charge < -0.3 is 71.2 Å². The summed E-state index contributed by atoms with van der Waals surface area (Å²) in [5.41, 5.74) is 0. The molecule has 0 bridgehead atoms. The van der Waals surface area contributed by atoms with E-state index in [1.54, 1.807) is 0 Å². The number of rotatable bonds is 16. The van der Waals surface area contributed by atoms with Gasteiger partial charge in [0.15, 0.2) is 0 Å². The summed E-state index contributed by atoms with van der Waals surface area (Å²) in [6.45, 7) is -0.429. The van der Waals surface area contributed by atoms with Crippen molar-refractivity contribution in [3.63, 3.8) is 0 Å². The number of nitrogens with one attached hydrogen (secondary N) is 2. The zero-order valence-corrected chi connectivity index (χ0v) is 21.9. The Morgan fingerprint density at radius 2 is 1.51 bits per heavy atom. The lowest BCUT2D eigenvalue weighted by Crippen LogP contribution is -2.69. The number of hydrogen-bond donors (Lipinski definition) is 12. The van der Waals surface area contributed by atoms with Crippen molar-refractivity contribution in [2.24, 2.45) is 0 Å². The number of carbonyl (C=O) groups excluding carboxylic acids is 3. The monoisotopic (exact) mass is 600 g/mol. The topological polar surface area (TPSA) is 330 Å². The second kappa shape index (κ2) is 15.4. The van der Waals surface area contributed by atoms with Crippen LogP contribution in [-0.2, 0) is 33.4 Å². The van der Waals surface area contributed by atoms with Crippen LogP contribution in [-0.4, -0.2) is 161 Å². The van der Waals surface area contributed by atoms with Crippen LogP contribution in [0.25, 0.3) is 0 Å². The number of aliphatic hydroxyl groups excluding tert-OH is 8. The third kappa shape index (κ3) is 9.33. The Hall–Kier alpha value is -2.85. The fourth-order valence-corrected chi connectivity index (χ4v) is 4.19. The average molecular weight is 601 g/mol. The van der Waals surface area contributed by atoms with E-state index in [1.165, 1.54) is 0 Å². The summed E-state index contributed by atoms with van der Waals surface area (Å²) >= 11 is 0. The quantitative estimate of drug-likeness (QED) is 0.0732. The number of Topliss-reactive ketones (excluding diaryl/α,β-unsaturated/α-hetero) is 1. The molecule has 0 saturated carbocycles. The minimum Gasteiger partial charge on any atom is -0.477 e. The first-order valence-corrected chi connectivity index (χ1v) is 12.1. The standard InChI is InChI=1S/C22H36N2O17/c1-7(27)23-14(9(29)3-10(30)20(36)37)18(35)17(34)13(6-26)40-22(21(38)39)4-11(31)15(24-8(2)28)19(41-22)16(33)12(32)5-25/h9,11-19,25-26,29,31-35H,3-6H2,1-2H3,(H,23,27)(H,24,28)(H,36,37)(H,38,39). The molecule has 12 N–H and O–H groups in total. The Morgan fingerprint density at radius 1 is 0.927 bits per heavy atom. The van der Waals surface area contributed by atoms with Gasteiger partial charge in [0.2, 0.25) is 17.6 Å². The van der Waals surface area contributed by atoms with Crippen LogP contribution in [0.4, 0.5) is 0 Å². The smallest absolute Gasteiger partial charge is 0.372 e. The molecule has 1 aliphatic rings. The molecule has 1 rings (SSSR count). The molecule has 0 spiro atoms. The Morgan fingerprint density at radius 3 is 1.95 bits per heavy atom. The molecule has 1 heterocycles. The van der Waals surface area contributed by atoms with E-state index in [2.05, 4.69) is 5.32 Å². The first kappa shape index (κ1) is 36.2. The van der Waals surface area contributed by atoms with Crippen molar-refractivity contribution in [3.05, 3.63) is 0 Å². The number of ether oxygens (including phenoxy) is 2. The molecule has 11 unspecified atom stereocenters. The summed E-state index contributed by atoms with van der Waals surface area (Å²) in [5.74, 6) is -10.2. The van der Waals surface area contributed by atoms with E-state index in [9.17, 15) is 69.9 Å². The molecule has 1 saturated heterocycles. The van der Waals surface area contributed by atoms with Gasteiger partial charge in [0, 0.05) is 26.7 Å². The van der Waals surface area contributed by atoms with Gasteiger partial charge in [-0.15, -0.1) is 0 Å². The van der Waals surface area contributed by atoms with Crippen LogP contribution < -0.4 is 10.6 Å². The number of carboxylic acid groups (broad SMARTS) is 2. The number of carboxylic acids is 2. The molecule has 0 aromatic heterocycles. The zero-order chi connectivity index (χ0) is 31.8. The molecule has 0 radical (unpaired) electrons. The number of hydrogen-bond acceptors (Lipinski definition) is 15. The number of carbonyl (C=O) groups is 5. The summed E-state index contributed by atoms with van der Waals surface area (Å²) in [5, 5.41) is 105. The fraction of sp³-hybridized carbons (Fsp3) is 0.773. The SMILES string of the molecule is CC(=O)NC(C(O)CC(=O)C(=O)O)C(O)C(O)C(CO)OC1(C(=O)O)CC(O)C(NC(C)=O)C(C(O)C(O)CO)O1. The van der Waals surface area contributed by atoms with Crippen LogP contribution in [0, 0.1) is 0 Å². The van der Waals surface area contributed by atoms with Crippen molar-refractivity contribution in [2.75, 3.05) is 13.2 Å². The summed E-state index contributed by atoms with van der Waals surface area (Å²) in [7, 11) is 0. The lowest BCUT2D eigenvalue weighted by Gasteiger charge is -2.48. The van der Waals surface area contributed by atoms with E-state index < -0.39 is 122 Å². The van der Waals surface area contributed by atoms with Gasteiger partial charge in [-0.3, -0.25) is 14.4 Å². The first-order chi connectivity index (χ1) is 18.9. The van der Waals surface area contributed by atoms with Crippen molar-refractivity contribution in [1.82, 2.24) is 10.6 Å². The van der Waals surface area contributed by atoms with E-state index in [4.69, 9.17) is 14.6 Å². The van der Waals surface area contributed by atoms with Crippen LogP contribution in [0.5, 0.6) is 0 Å². The van der Waals surface area contributed by atoms with E-state index >= 15 is 0 Å². The fourth-order valence-electron chi connectivity index (χ4n) is 4.19. The third-order valence-corrected chi connectivity index (χ3v) is 6.22. The Bertz CT molecular complexity index is 949. The van der Waals surface area contributed by atoms with Gasteiger partial charge in [-0.1, -0.05) is 0 Å². The highest BCUT2D eigenvalue weighted by molar-refractivity contribution is 6.32. The Kier molecular flexibility index (Phi) is 13.6. The maximum absolute atomic E-state index is 12.3. The Balaban J connectivity index is 3.40. The first-order valence-electron chi connectivity index (χ1n) is 12.1. The maximum atomic E-state index is 12.3. The third-order valence-electron chi connectivity index (χ3n) is 6.22. The van der Waals surface area contributed by atoms with Gasteiger partial charge in [-0.2, -0.15) is 0 Å². The molecule has 1 aliphatic heterocycles. The van der Waals surface area contributed by atoms with Crippen molar-refractivity contribution in [1.29, 1.82) is 0 Å². The van der Waals surface area contributed by atoms with Gasteiger partial charge in [0.25, 0.3) is 5.79 Å². The highest BCUT2D eigenvalue weighted by Gasteiger charge is 2.57. The highest BCUT2D eigenvalue weighted by Crippen LogP contribution is 2.35. The summed E-state index contributed by atoms with van der Waals surface area (Å²) < 4.78 is 10.6. The molecule has 1 fully saturated rings. The molecule has 0 aliphatic carbocycles. The van der Waals surface area contributed by atoms with E-state index in [-0.39, 0.29) is 0 Å². The summed E-state index contributed by atoms with van der Waals surface area (Å²) in [6, 6.07) is -3.52. The molecule has 11 atom stereocenters. The molecule has 2 amide bonds. The van der Waals surface area contributed by atoms with Crippen molar-refractivity contribution in [2.45, 2.75) is 93.4 Å². The highest BCUT2D eigenvalue weighted by atomic mass is 16.7. The molecular weight excluding hydrogens is 564 g/mol.